The molecule has 0 saturated carbocycles. The minimum atomic E-state index is 0.205. The third kappa shape index (κ3) is 1.77. The van der Waals surface area contributed by atoms with Gasteiger partial charge in [0.25, 0.3) is 0 Å². The zero-order valence-electron chi connectivity index (χ0n) is 6.39. The second-order valence-electron chi connectivity index (χ2n) is 2.28. The molecule has 60 valence electrons. The van der Waals surface area contributed by atoms with Crippen molar-refractivity contribution in [3.8, 4) is 11.5 Å². The quantitative estimate of drug-likeness (QED) is 0.789. The number of phenols is 1. The zero-order chi connectivity index (χ0) is 8.43. The van der Waals surface area contributed by atoms with E-state index in [4.69, 9.17) is 4.74 Å². The van der Waals surface area contributed by atoms with Gasteiger partial charge >= 0.3 is 0 Å². The van der Waals surface area contributed by atoms with Crippen LogP contribution in [0.5, 0.6) is 11.5 Å². The molecule has 1 N–H and O–H groups in total. The molecule has 0 spiro atoms. The van der Waals surface area contributed by atoms with Crippen molar-refractivity contribution in [2.45, 2.75) is 6.92 Å². The van der Waals surface area contributed by atoms with Gasteiger partial charge in [-0.3, -0.25) is 0 Å². The van der Waals surface area contributed by atoms with Gasteiger partial charge in [0, 0.05) is 3.57 Å². The van der Waals surface area contributed by atoms with Crippen LogP contribution in [0.25, 0.3) is 0 Å². The van der Waals surface area contributed by atoms with E-state index in [2.05, 4.69) is 22.6 Å². The third-order valence-corrected chi connectivity index (χ3v) is 2.05. The molecular formula is C8H9IO2. The summed E-state index contributed by atoms with van der Waals surface area (Å²) in [6, 6.07) is 3.63. The Labute approximate surface area is 79.3 Å². The number of hydrogen-bond donors (Lipinski definition) is 1. The summed E-state index contributed by atoms with van der Waals surface area (Å²) in [6.45, 7) is 1.90. The van der Waals surface area contributed by atoms with Crippen molar-refractivity contribution in [2.75, 3.05) is 7.11 Å². The summed E-state index contributed by atoms with van der Waals surface area (Å²) in [5.74, 6) is 0.766. The van der Waals surface area contributed by atoms with Gasteiger partial charge in [0.2, 0.25) is 0 Å². The highest BCUT2D eigenvalue weighted by molar-refractivity contribution is 14.1. The van der Waals surface area contributed by atoms with Gasteiger partial charge in [-0.15, -0.1) is 0 Å². The van der Waals surface area contributed by atoms with Gasteiger partial charge < -0.3 is 9.84 Å². The van der Waals surface area contributed by atoms with E-state index in [-0.39, 0.29) is 5.75 Å². The van der Waals surface area contributed by atoms with Crippen LogP contribution < -0.4 is 4.74 Å². The van der Waals surface area contributed by atoms with Crippen molar-refractivity contribution in [1.29, 1.82) is 0 Å². The normalized spacial score (nSPS) is 9.73. The molecule has 1 aromatic carbocycles. The lowest BCUT2D eigenvalue weighted by atomic mass is 10.2. The maximum absolute atomic E-state index is 9.34. The highest BCUT2D eigenvalue weighted by atomic mass is 127. The van der Waals surface area contributed by atoms with Crippen LogP contribution in [0, 0.1) is 10.5 Å². The van der Waals surface area contributed by atoms with Crippen LogP contribution >= 0.6 is 22.6 Å². The van der Waals surface area contributed by atoms with Crippen molar-refractivity contribution in [1.82, 2.24) is 0 Å². The van der Waals surface area contributed by atoms with E-state index in [0.29, 0.717) is 5.75 Å². The number of halogens is 1. The van der Waals surface area contributed by atoms with Crippen molar-refractivity contribution in [2.24, 2.45) is 0 Å². The summed E-state index contributed by atoms with van der Waals surface area (Å²) in [4.78, 5) is 0. The number of ether oxygens (including phenoxy) is 1. The highest BCUT2D eigenvalue weighted by Crippen LogP contribution is 2.31. The molecule has 0 aliphatic carbocycles. The Bertz CT molecular complexity index is 248. The van der Waals surface area contributed by atoms with E-state index in [9.17, 15) is 5.11 Å². The van der Waals surface area contributed by atoms with Crippen molar-refractivity contribution >= 4 is 22.6 Å². The third-order valence-electron chi connectivity index (χ3n) is 1.42. The largest absolute Gasteiger partial charge is 0.504 e. The molecule has 1 aromatic rings. The maximum Gasteiger partial charge on any atom is 0.163 e. The molecule has 1 rings (SSSR count). The minimum absolute atomic E-state index is 0.205. The monoisotopic (exact) mass is 264 g/mol. The lowest BCUT2D eigenvalue weighted by Gasteiger charge is -2.06. The Hall–Kier alpha value is -0.450. The van der Waals surface area contributed by atoms with Crippen LogP contribution in [-0.2, 0) is 0 Å². The first kappa shape index (κ1) is 8.64. The number of benzene rings is 1. The number of hydrogen-bond acceptors (Lipinski definition) is 2. The second-order valence-corrected chi connectivity index (χ2v) is 3.52. The molecule has 0 bridgehead atoms. The number of rotatable bonds is 1. The molecule has 0 heterocycles. The summed E-state index contributed by atoms with van der Waals surface area (Å²) < 4.78 is 5.99. The SMILES string of the molecule is COc1c(C)cc(I)cc1O. The maximum atomic E-state index is 9.34. The van der Waals surface area contributed by atoms with Crippen molar-refractivity contribution in [3.05, 3.63) is 21.3 Å². The summed E-state index contributed by atoms with van der Waals surface area (Å²) in [5.41, 5.74) is 0.955. The molecule has 0 atom stereocenters. The van der Waals surface area contributed by atoms with E-state index in [1.165, 1.54) is 0 Å². The van der Waals surface area contributed by atoms with Gasteiger partial charge in [0.15, 0.2) is 11.5 Å². The number of aryl methyl sites for hydroxylation is 1. The average Bonchev–Trinajstić information content (AvgIpc) is 1.85. The smallest absolute Gasteiger partial charge is 0.163 e. The first-order valence-corrected chi connectivity index (χ1v) is 4.26. The molecule has 0 aromatic heterocycles. The zero-order valence-corrected chi connectivity index (χ0v) is 8.55. The fourth-order valence-electron chi connectivity index (χ4n) is 0.978. The van der Waals surface area contributed by atoms with Gasteiger partial charge in [-0.05, 0) is 47.2 Å². The molecule has 11 heavy (non-hydrogen) atoms. The molecule has 0 saturated heterocycles. The fourth-order valence-corrected chi connectivity index (χ4v) is 1.74. The van der Waals surface area contributed by atoms with E-state index in [0.717, 1.165) is 9.13 Å². The van der Waals surface area contributed by atoms with Crippen molar-refractivity contribution < 1.29 is 9.84 Å². The van der Waals surface area contributed by atoms with Gasteiger partial charge in [0.05, 0.1) is 7.11 Å². The first-order chi connectivity index (χ1) is 5.15. The average molecular weight is 264 g/mol. The topological polar surface area (TPSA) is 29.5 Å². The van der Waals surface area contributed by atoms with Crippen LogP contribution in [0.15, 0.2) is 12.1 Å². The Balaban J connectivity index is 3.25. The first-order valence-electron chi connectivity index (χ1n) is 3.18. The highest BCUT2D eigenvalue weighted by Gasteiger charge is 2.04. The van der Waals surface area contributed by atoms with Crippen LogP contribution in [0.1, 0.15) is 5.56 Å². The molecule has 2 nitrogen and oxygen atoms in total. The minimum Gasteiger partial charge on any atom is -0.504 e. The Morgan fingerprint density at radius 2 is 2.09 bits per heavy atom. The molecule has 0 fully saturated rings. The van der Waals surface area contributed by atoms with E-state index in [1.807, 2.05) is 13.0 Å². The molecule has 0 aliphatic rings. The Kier molecular flexibility index (Phi) is 2.59. The van der Waals surface area contributed by atoms with Gasteiger partial charge in [-0.25, -0.2) is 0 Å². The van der Waals surface area contributed by atoms with Gasteiger partial charge in [-0.2, -0.15) is 0 Å². The molecule has 0 radical (unpaired) electrons. The van der Waals surface area contributed by atoms with Crippen LogP contribution in [0.2, 0.25) is 0 Å². The van der Waals surface area contributed by atoms with Crippen LogP contribution in [0.4, 0.5) is 0 Å². The lowest BCUT2D eigenvalue weighted by molar-refractivity contribution is 0.370. The van der Waals surface area contributed by atoms with E-state index in [1.54, 1.807) is 13.2 Å². The molecule has 3 heteroatoms. The number of methoxy groups -OCH3 is 1. The molecular weight excluding hydrogens is 255 g/mol. The summed E-state index contributed by atoms with van der Waals surface area (Å²) >= 11 is 2.15. The second kappa shape index (κ2) is 3.30. The summed E-state index contributed by atoms with van der Waals surface area (Å²) in [6.07, 6.45) is 0. The predicted octanol–water partition coefficient (Wildman–Crippen LogP) is 2.31. The molecule has 0 amide bonds. The fraction of sp³-hybridized carbons (Fsp3) is 0.250. The number of phenolic OH excluding ortho intramolecular Hbond substituents is 1. The van der Waals surface area contributed by atoms with Crippen LogP contribution in [-0.4, -0.2) is 12.2 Å². The van der Waals surface area contributed by atoms with E-state index >= 15 is 0 Å². The Morgan fingerprint density at radius 3 is 2.55 bits per heavy atom. The Morgan fingerprint density at radius 1 is 1.45 bits per heavy atom. The lowest BCUT2D eigenvalue weighted by Crippen LogP contribution is -1.88. The van der Waals surface area contributed by atoms with Gasteiger partial charge in [-0.1, -0.05) is 0 Å². The summed E-state index contributed by atoms with van der Waals surface area (Å²) in [5, 5.41) is 9.34. The standard InChI is InChI=1S/C8H9IO2/c1-5-3-6(9)4-7(10)8(5)11-2/h3-4,10H,1-2H3. The van der Waals surface area contributed by atoms with Crippen molar-refractivity contribution in [3.63, 3.8) is 0 Å². The van der Waals surface area contributed by atoms with Crippen LogP contribution in [0.3, 0.4) is 0 Å². The van der Waals surface area contributed by atoms with E-state index < -0.39 is 0 Å². The van der Waals surface area contributed by atoms with Gasteiger partial charge in [0.1, 0.15) is 0 Å². The summed E-state index contributed by atoms with van der Waals surface area (Å²) in [7, 11) is 1.55. The number of aromatic hydroxyl groups is 1. The molecule has 0 unspecified atom stereocenters. The molecule has 0 aliphatic heterocycles. The predicted molar refractivity (Wildman–Crippen MR) is 52.1 cm³/mol.